The van der Waals surface area contributed by atoms with Gasteiger partial charge in [0.2, 0.25) is 10.0 Å². The van der Waals surface area contributed by atoms with E-state index < -0.39 is 10.0 Å². The number of rotatable bonds is 8. The maximum Gasteiger partial charge on any atom is 0.262 e. The van der Waals surface area contributed by atoms with Crippen LogP contribution in [-0.2, 0) is 27.7 Å². The van der Waals surface area contributed by atoms with E-state index in [4.69, 9.17) is 4.74 Å². The van der Waals surface area contributed by atoms with Crippen molar-refractivity contribution in [2.24, 2.45) is 0 Å². The fraction of sp³-hybridized carbons (Fsp3) is 0.450. The summed E-state index contributed by atoms with van der Waals surface area (Å²) in [5.41, 5.74) is 2.20. The quantitative estimate of drug-likeness (QED) is 0.664. The van der Waals surface area contributed by atoms with Gasteiger partial charge in [-0.1, -0.05) is 24.3 Å². The number of benzene rings is 1. The molecule has 1 aromatic carbocycles. The van der Waals surface area contributed by atoms with Crippen molar-refractivity contribution in [3.05, 3.63) is 51.7 Å². The molecule has 0 bridgehead atoms. The van der Waals surface area contributed by atoms with Crippen molar-refractivity contribution in [1.82, 2.24) is 9.62 Å². The number of fused-ring (bicyclic) bond motifs is 1. The molecule has 3 rings (SSSR count). The maximum absolute atomic E-state index is 13.2. The molecule has 1 aromatic heterocycles. The van der Waals surface area contributed by atoms with Crippen molar-refractivity contribution >= 4 is 27.3 Å². The molecule has 0 saturated carbocycles. The number of hydrogen-bond donors (Lipinski definition) is 1. The van der Waals surface area contributed by atoms with Crippen LogP contribution in [0.25, 0.3) is 0 Å². The van der Waals surface area contributed by atoms with E-state index in [1.165, 1.54) is 15.9 Å². The summed E-state index contributed by atoms with van der Waals surface area (Å²) in [6.07, 6.45) is 1.51. The average molecular weight is 423 g/mol. The van der Waals surface area contributed by atoms with Gasteiger partial charge in [0.05, 0.1) is 6.10 Å². The Morgan fingerprint density at radius 3 is 2.75 bits per heavy atom. The smallest absolute Gasteiger partial charge is 0.262 e. The standard InChI is InChI=1S/C20H26N2O4S2/c1-15(2)26-12-5-10-21-20(23)19-18(9-13-27-19)28(24,25)22-11-8-16-6-3-4-7-17(16)14-22/h3-4,6-7,9,13,15H,5,8,10-12,14H2,1-2H3,(H,21,23). The zero-order chi connectivity index (χ0) is 20.1. The molecular formula is C20H26N2O4S2. The second kappa shape index (κ2) is 9.17. The predicted molar refractivity (Wildman–Crippen MR) is 110 cm³/mol. The van der Waals surface area contributed by atoms with E-state index in [2.05, 4.69) is 5.32 Å². The highest BCUT2D eigenvalue weighted by Crippen LogP contribution is 2.29. The van der Waals surface area contributed by atoms with Crippen LogP contribution in [0.1, 0.15) is 41.1 Å². The van der Waals surface area contributed by atoms with Gasteiger partial charge in [0.25, 0.3) is 5.91 Å². The van der Waals surface area contributed by atoms with Crippen LogP contribution in [-0.4, -0.2) is 44.4 Å². The summed E-state index contributed by atoms with van der Waals surface area (Å²) in [5, 5.41) is 4.45. The number of thiophene rings is 1. The van der Waals surface area contributed by atoms with Gasteiger partial charge < -0.3 is 10.1 Å². The van der Waals surface area contributed by atoms with Gasteiger partial charge in [-0.25, -0.2) is 8.42 Å². The van der Waals surface area contributed by atoms with Gasteiger partial charge in [-0.15, -0.1) is 11.3 Å². The Kier molecular flexibility index (Phi) is 6.87. The molecular weight excluding hydrogens is 396 g/mol. The molecule has 0 radical (unpaired) electrons. The molecule has 1 amide bonds. The Morgan fingerprint density at radius 1 is 1.25 bits per heavy atom. The number of amides is 1. The van der Waals surface area contributed by atoms with Gasteiger partial charge in [0.15, 0.2) is 0 Å². The maximum atomic E-state index is 13.2. The summed E-state index contributed by atoms with van der Waals surface area (Å²) in [7, 11) is -3.73. The fourth-order valence-corrected chi connectivity index (χ4v) is 5.89. The molecule has 0 aliphatic carbocycles. The second-order valence-corrected chi connectivity index (χ2v) is 9.82. The van der Waals surface area contributed by atoms with E-state index >= 15 is 0 Å². The van der Waals surface area contributed by atoms with Gasteiger partial charge in [0, 0.05) is 26.2 Å². The first kappa shape index (κ1) is 21.0. The fourth-order valence-electron chi connectivity index (χ4n) is 3.15. The molecule has 28 heavy (non-hydrogen) atoms. The zero-order valence-electron chi connectivity index (χ0n) is 16.2. The summed E-state index contributed by atoms with van der Waals surface area (Å²) in [5.74, 6) is -0.351. The monoisotopic (exact) mass is 422 g/mol. The lowest BCUT2D eigenvalue weighted by atomic mass is 10.0. The van der Waals surface area contributed by atoms with Gasteiger partial charge in [0.1, 0.15) is 9.77 Å². The minimum atomic E-state index is -3.73. The van der Waals surface area contributed by atoms with E-state index in [1.807, 2.05) is 38.1 Å². The van der Waals surface area contributed by atoms with Crippen LogP contribution in [0.3, 0.4) is 0 Å². The van der Waals surface area contributed by atoms with Crippen LogP contribution in [0.2, 0.25) is 0 Å². The molecule has 0 spiro atoms. The van der Waals surface area contributed by atoms with E-state index in [0.717, 1.165) is 16.9 Å². The van der Waals surface area contributed by atoms with Crippen LogP contribution in [0.15, 0.2) is 40.6 Å². The highest BCUT2D eigenvalue weighted by molar-refractivity contribution is 7.89. The van der Waals surface area contributed by atoms with Crippen LogP contribution < -0.4 is 5.32 Å². The predicted octanol–water partition coefficient (Wildman–Crippen LogP) is 3.04. The van der Waals surface area contributed by atoms with Crippen LogP contribution in [0.5, 0.6) is 0 Å². The lowest BCUT2D eigenvalue weighted by molar-refractivity contribution is 0.0757. The zero-order valence-corrected chi connectivity index (χ0v) is 17.8. The Bertz CT molecular complexity index is 922. The first-order chi connectivity index (χ1) is 13.4. The highest BCUT2D eigenvalue weighted by atomic mass is 32.2. The topological polar surface area (TPSA) is 75.7 Å². The van der Waals surface area contributed by atoms with Gasteiger partial charge in [-0.3, -0.25) is 4.79 Å². The van der Waals surface area contributed by atoms with Crippen LogP contribution in [0.4, 0.5) is 0 Å². The van der Waals surface area contributed by atoms with E-state index in [-0.39, 0.29) is 21.8 Å². The van der Waals surface area contributed by atoms with E-state index in [1.54, 1.807) is 5.38 Å². The molecule has 152 valence electrons. The number of nitrogens with one attached hydrogen (secondary N) is 1. The molecule has 0 fully saturated rings. The summed E-state index contributed by atoms with van der Waals surface area (Å²) in [4.78, 5) is 12.9. The van der Waals surface area contributed by atoms with Gasteiger partial charge in [-0.2, -0.15) is 4.31 Å². The van der Waals surface area contributed by atoms with Crippen LogP contribution in [0, 0.1) is 0 Å². The summed E-state index contributed by atoms with van der Waals surface area (Å²) >= 11 is 1.15. The molecule has 0 saturated heterocycles. The minimum Gasteiger partial charge on any atom is -0.379 e. The SMILES string of the molecule is CC(C)OCCCNC(=O)c1sccc1S(=O)(=O)N1CCc2ccccc2C1. The number of ether oxygens (including phenoxy) is 1. The molecule has 0 unspecified atom stereocenters. The second-order valence-electron chi connectivity index (χ2n) is 7.00. The Morgan fingerprint density at radius 2 is 2.00 bits per heavy atom. The number of sulfonamides is 1. The van der Waals surface area contributed by atoms with Crippen molar-refractivity contribution in [1.29, 1.82) is 0 Å². The largest absolute Gasteiger partial charge is 0.379 e. The van der Waals surface area contributed by atoms with Gasteiger partial charge >= 0.3 is 0 Å². The van der Waals surface area contributed by atoms with E-state index in [0.29, 0.717) is 39.1 Å². The normalized spacial score (nSPS) is 14.8. The molecule has 6 nitrogen and oxygen atoms in total. The minimum absolute atomic E-state index is 0.0906. The van der Waals surface area contributed by atoms with Crippen molar-refractivity contribution in [3.63, 3.8) is 0 Å². The Balaban J connectivity index is 1.67. The third kappa shape index (κ3) is 4.81. The highest BCUT2D eigenvalue weighted by Gasteiger charge is 2.32. The Hall–Kier alpha value is -1.74. The summed E-state index contributed by atoms with van der Waals surface area (Å²) in [6, 6.07) is 9.40. The lowest BCUT2D eigenvalue weighted by Crippen LogP contribution is -2.37. The van der Waals surface area contributed by atoms with Crippen molar-refractivity contribution < 1.29 is 17.9 Å². The van der Waals surface area contributed by atoms with Crippen molar-refractivity contribution in [2.45, 2.75) is 44.2 Å². The number of nitrogens with zero attached hydrogens (tertiary/aromatic N) is 1. The summed E-state index contributed by atoms with van der Waals surface area (Å²) < 4.78 is 33.2. The molecule has 2 heterocycles. The molecule has 8 heteroatoms. The van der Waals surface area contributed by atoms with Crippen molar-refractivity contribution in [2.75, 3.05) is 19.7 Å². The van der Waals surface area contributed by atoms with E-state index in [9.17, 15) is 13.2 Å². The molecule has 1 aliphatic rings. The first-order valence-electron chi connectivity index (χ1n) is 9.44. The third-order valence-electron chi connectivity index (χ3n) is 4.61. The summed E-state index contributed by atoms with van der Waals surface area (Å²) in [6.45, 7) is 5.67. The number of carbonyl (C=O) groups excluding carboxylic acids is 1. The Labute approximate surface area is 170 Å². The molecule has 2 aromatic rings. The molecule has 1 N–H and O–H groups in total. The average Bonchev–Trinajstić information content (AvgIpc) is 3.18. The molecule has 1 aliphatic heterocycles. The van der Waals surface area contributed by atoms with Crippen molar-refractivity contribution in [3.8, 4) is 0 Å². The molecule has 0 atom stereocenters. The lowest BCUT2D eigenvalue weighted by Gasteiger charge is -2.28. The number of carbonyl (C=O) groups is 1. The third-order valence-corrected chi connectivity index (χ3v) is 7.54. The number of hydrogen-bond acceptors (Lipinski definition) is 5. The van der Waals surface area contributed by atoms with Crippen LogP contribution >= 0.6 is 11.3 Å². The van der Waals surface area contributed by atoms with Gasteiger partial charge in [-0.05, 0) is 49.3 Å². The first-order valence-corrected chi connectivity index (χ1v) is 11.8.